The van der Waals surface area contributed by atoms with Crippen LogP contribution in [0.15, 0.2) is 17.5 Å². The van der Waals surface area contributed by atoms with Crippen LogP contribution in [0.25, 0.3) is 0 Å². The highest BCUT2D eigenvalue weighted by molar-refractivity contribution is 7.99. The van der Waals surface area contributed by atoms with E-state index in [0.717, 1.165) is 5.25 Å². The molecular formula is C12H19NS2. The number of thioether (sulfide) groups is 1. The van der Waals surface area contributed by atoms with Crippen molar-refractivity contribution in [2.45, 2.75) is 37.0 Å². The average molecular weight is 241 g/mol. The van der Waals surface area contributed by atoms with Crippen molar-refractivity contribution in [2.24, 2.45) is 0 Å². The van der Waals surface area contributed by atoms with Crippen molar-refractivity contribution < 1.29 is 0 Å². The lowest BCUT2D eigenvalue weighted by atomic mass is 10.3. The van der Waals surface area contributed by atoms with E-state index in [4.69, 9.17) is 0 Å². The Kier molecular flexibility index (Phi) is 4.54. The van der Waals surface area contributed by atoms with Crippen LogP contribution >= 0.6 is 23.1 Å². The smallest absolute Gasteiger partial charge is 0.0504 e. The summed E-state index contributed by atoms with van der Waals surface area (Å²) in [5, 5.41) is 6.52. The molecule has 3 heteroatoms. The first-order chi connectivity index (χ1) is 7.40. The van der Waals surface area contributed by atoms with Crippen molar-refractivity contribution in [2.75, 3.05) is 12.8 Å². The lowest BCUT2D eigenvalue weighted by molar-refractivity contribution is 0.671. The molecule has 1 nitrogen and oxygen atoms in total. The fourth-order valence-electron chi connectivity index (χ4n) is 2.08. The Morgan fingerprint density at radius 1 is 1.53 bits per heavy atom. The molecule has 0 aromatic carbocycles. The predicted octanol–water partition coefficient (Wildman–Crippen LogP) is 3.68. The van der Waals surface area contributed by atoms with Crippen LogP contribution in [0.2, 0.25) is 0 Å². The Bertz CT molecular complexity index is 265. The molecule has 1 saturated carbocycles. The molecule has 15 heavy (non-hydrogen) atoms. The van der Waals surface area contributed by atoms with Crippen molar-refractivity contribution in [1.29, 1.82) is 0 Å². The molecule has 0 radical (unpaired) electrons. The van der Waals surface area contributed by atoms with Crippen LogP contribution in [0.5, 0.6) is 0 Å². The molecule has 1 fully saturated rings. The van der Waals surface area contributed by atoms with Crippen LogP contribution in [0.4, 0.5) is 0 Å². The first kappa shape index (κ1) is 11.5. The molecule has 0 aliphatic heterocycles. The minimum absolute atomic E-state index is 0.551. The summed E-state index contributed by atoms with van der Waals surface area (Å²) in [4.78, 5) is 1.47. The van der Waals surface area contributed by atoms with Gasteiger partial charge in [-0.3, -0.25) is 0 Å². The second kappa shape index (κ2) is 5.92. The van der Waals surface area contributed by atoms with E-state index < -0.39 is 0 Å². The van der Waals surface area contributed by atoms with Gasteiger partial charge in [0.2, 0.25) is 0 Å². The molecule has 0 bridgehead atoms. The van der Waals surface area contributed by atoms with E-state index in [1.165, 1.54) is 36.3 Å². The number of thiophene rings is 1. The molecule has 1 heterocycles. The zero-order valence-electron chi connectivity index (χ0n) is 9.24. The van der Waals surface area contributed by atoms with E-state index in [1.807, 2.05) is 11.3 Å². The summed E-state index contributed by atoms with van der Waals surface area (Å²) in [6, 6.07) is 4.93. The van der Waals surface area contributed by atoms with Gasteiger partial charge in [-0.1, -0.05) is 18.9 Å². The second-order valence-corrected chi connectivity index (χ2v) is 6.41. The van der Waals surface area contributed by atoms with Gasteiger partial charge >= 0.3 is 0 Å². The second-order valence-electron chi connectivity index (χ2n) is 4.10. The number of nitrogens with one attached hydrogen (secondary N) is 1. The van der Waals surface area contributed by atoms with Crippen LogP contribution in [0.1, 0.15) is 36.6 Å². The standard InChI is InChI=1S/C12H19NS2/c1-13-11(12-7-4-8-14-12)9-15-10-5-2-3-6-10/h4,7-8,10-11,13H,2-3,5-6,9H2,1H3. The summed E-state index contributed by atoms with van der Waals surface area (Å²) in [6.45, 7) is 0. The quantitative estimate of drug-likeness (QED) is 0.844. The molecule has 1 aliphatic rings. The van der Waals surface area contributed by atoms with E-state index in [1.54, 1.807) is 0 Å². The minimum Gasteiger partial charge on any atom is -0.312 e. The monoisotopic (exact) mass is 241 g/mol. The molecule has 84 valence electrons. The fraction of sp³-hybridized carbons (Fsp3) is 0.667. The molecule has 2 rings (SSSR count). The Morgan fingerprint density at radius 3 is 2.93 bits per heavy atom. The Hall–Kier alpha value is 0.01000. The summed E-state index contributed by atoms with van der Waals surface area (Å²) >= 11 is 4.02. The van der Waals surface area contributed by atoms with Gasteiger partial charge in [-0.2, -0.15) is 11.8 Å². The predicted molar refractivity (Wildman–Crippen MR) is 70.8 cm³/mol. The number of rotatable bonds is 5. The van der Waals surface area contributed by atoms with Crippen LogP contribution in [0.3, 0.4) is 0 Å². The molecule has 0 spiro atoms. The van der Waals surface area contributed by atoms with Crippen LogP contribution in [0, 0.1) is 0 Å². The van der Waals surface area contributed by atoms with E-state index in [-0.39, 0.29) is 0 Å². The lowest BCUT2D eigenvalue weighted by Gasteiger charge is -2.16. The summed E-state index contributed by atoms with van der Waals surface area (Å²) < 4.78 is 0. The summed E-state index contributed by atoms with van der Waals surface area (Å²) in [7, 11) is 2.07. The van der Waals surface area contributed by atoms with Gasteiger partial charge in [0.05, 0.1) is 6.04 Å². The van der Waals surface area contributed by atoms with Gasteiger partial charge in [-0.25, -0.2) is 0 Å². The average Bonchev–Trinajstić information content (AvgIpc) is 2.90. The molecular weight excluding hydrogens is 222 g/mol. The third kappa shape index (κ3) is 3.23. The van der Waals surface area contributed by atoms with Crippen LogP contribution < -0.4 is 5.32 Å². The van der Waals surface area contributed by atoms with Gasteiger partial charge in [-0.05, 0) is 31.3 Å². The molecule has 0 saturated heterocycles. The molecule has 1 unspecified atom stereocenters. The summed E-state index contributed by atoms with van der Waals surface area (Å²) in [6.07, 6.45) is 5.76. The number of hydrogen-bond donors (Lipinski definition) is 1. The third-order valence-electron chi connectivity index (χ3n) is 3.04. The summed E-state index contributed by atoms with van der Waals surface area (Å²) in [5.74, 6) is 1.22. The van der Waals surface area contributed by atoms with Crippen LogP contribution in [-0.4, -0.2) is 18.1 Å². The molecule has 1 aromatic rings. The van der Waals surface area contributed by atoms with E-state index >= 15 is 0 Å². The minimum atomic E-state index is 0.551. The maximum Gasteiger partial charge on any atom is 0.0504 e. The molecule has 1 aliphatic carbocycles. The highest BCUT2D eigenvalue weighted by atomic mass is 32.2. The zero-order chi connectivity index (χ0) is 10.5. The Balaban J connectivity index is 1.80. The normalized spacial score (nSPS) is 19.5. The Morgan fingerprint density at radius 2 is 2.33 bits per heavy atom. The van der Waals surface area contributed by atoms with Crippen LogP contribution in [-0.2, 0) is 0 Å². The SMILES string of the molecule is CNC(CSC1CCCC1)c1cccs1. The third-order valence-corrected chi connectivity index (χ3v) is 5.49. The molecule has 1 N–H and O–H groups in total. The van der Waals surface area contributed by atoms with E-state index in [0.29, 0.717) is 6.04 Å². The maximum atomic E-state index is 3.42. The Labute approximate surface area is 101 Å². The molecule has 1 atom stereocenters. The van der Waals surface area contributed by atoms with Crippen molar-refractivity contribution in [3.63, 3.8) is 0 Å². The van der Waals surface area contributed by atoms with Gasteiger partial charge in [0.15, 0.2) is 0 Å². The van der Waals surface area contributed by atoms with Gasteiger partial charge < -0.3 is 5.32 Å². The van der Waals surface area contributed by atoms with E-state index in [2.05, 4.69) is 41.6 Å². The molecule has 1 aromatic heterocycles. The lowest BCUT2D eigenvalue weighted by Crippen LogP contribution is -2.18. The zero-order valence-corrected chi connectivity index (χ0v) is 10.9. The largest absolute Gasteiger partial charge is 0.312 e. The summed E-state index contributed by atoms with van der Waals surface area (Å²) in [5.41, 5.74) is 0. The van der Waals surface area contributed by atoms with Gasteiger partial charge in [0, 0.05) is 15.9 Å². The van der Waals surface area contributed by atoms with Gasteiger partial charge in [-0.15, -0.1) is 11.3 Å². The maximum absolute atomic E-state index is 3.42. The first-order valence-corrected chi connectivity index (χ1v) is 7.65. The van der Waals surface area contributed by atoms with Gasteiger partial charge in [0.25, 0.3) is 0 Å². The molecule has 0 amide bonds. The fourth-order valence-corrected chi connectivity index (χ4v) is 4.50. The van der Waals surface area contributed by atoms with Crippen molar-refractivity contribution in [3.05, 3.63) is 22.4 Å². The highest BCUT2D eigenvalue weighted by Crippen LogP contribution is 2.32. The topological polar surface area (TPSA) is 12.0 Å². The van der Waals surface area contributed by atoms with Crippen molar-refractivity contribution in [3.8, 4) is 0 Å². The van der Waals surface area contributed by atoms with Gasteiger partial charge in [0.1, 0.15) is 0 Å². The van der Waals surface area contributed by atoms with E-state index in [9.17, 15) is 0 Å². The van der Waals surface area contributed by atoms with Crippen molar-refractivity contribution in [1.82, 2.24) is 5.32 Å². The highest BCUT2D eigenvalue weighted by Gasteiger charge is 2.18. The first-order valence-electron chi connectivity index (χ1n) is 5.72. The number of hydrogen-bond acceptors (Lipinski definition) is 3. The van der Waals surface area contributed by atoms with Crippen molar-refractivity contribution >= 4 is 23.1 Å².